The summed E-state index contributed by atoms with van der Waals surface area (Å²) in [5.74, 6) is 2.39. The highest BCUT2D eigenvalue weighted by Crippen LogP contribution is 2.20. The molecule has 0 unspecified atom stereocenters. The maximum atomic E-state index is 12.2. The van der Waals surface area contributed by atoms with Crippen molar-refractivity contribution in [3.05, 3.63) is 21.6 Å². The molecule has 110 valence electrons. The molecule has 0 saturated heterocycles. The van der Waals surface area contributed by atoms with E-state index in [1.165, 1.54) is 10.9 Å². The van der Waals surface area contributed by atoms with Crippen LogP contribution in [0.2, 0.25) is 5.02 Å². The van der Waals surface area contributed by atoms with Crippen molar-refractivity contribution in [1.82, 2.24) is 14.7 Å². The summed E-state index contributed by atoms with van der Waals surface area (Å²) in [5.41, 5.74) is 0.0549. The van der Waals surface area contributed by atoms with Gasteiger partial charge in [0.25, 0.3) is 5.56 Å². The van der Waals surface area contributed by atoms with Crippen molar-refractivity contribution >= 4 is 17.3 Å². The van der Waals surface area contributed by atoms with E-state index in [0.717, 1.165) is 6.54 Å². The molecule has 1 heterocycles. The summed E-state index contributed by atoms with van der Waals surface area (Å²) >= 11 is 6.04. The Labute approximate surface area is 124 Å². The summed E-state index contributed by atoms with van der Waals surface area (Å²) in [4.78, 5) is 14.3. The van der Waals surface area contributed by atoms with E-state index in [2.05, 4.69) is 35.1 Å². The van der Waals surface area contributed by atoms with Crippen molar-refractivity contribution in [1.29, 1.82) is 0 Å². The van der Waals surface area contributed by atoms with Crippen LogP contribution in [0.15, 0.2) is 11.0 Å². The number of hydrogen-bond donors (Lipinski definition) is 1. The average Bonchev–Trinajstić information content (AvgIpc) is 2.31. The molecule has 0 fully saturated rings. The van der Waals surface area contributed by atoms with Crippen molar-refractivity contribution in [2.24, 2.45) is 5.41 Å². The maximum Gasteiger partial charge on any atom is 0.292 e. The van der Waals surface area contributed by atoms with Crippen molar-refractivity contribution < 1.29 is 0 Å². The van der Waals surface area contributed by atoms with E-state index in [1.54, 1.807) is 0 Å². The molecule has 1 aromatic rings. The second-order valence-corrected chi connectivity index (χ2v) is 6.20. The molecule has 1 rings (SSSR count). The highest BCUT2D eigenvalue weighted by atomic mass is 35.5. The van der Waals surface area contributed by atoms with Crippen molar-refractivity contribution in [3.63, 3.8) is 0 Å². The normalized spacial score (nSPS) is 11.4. The zero-order valence-electron chi connectivity index (χ0n) is 12.4. The van der Waals surface area contributed by atoms with Crippen LogP contribution in [0.4, 0.5) is 5.69 Å². The molecule has 0 aliphatic rings. The number of halogens is 1. The van der Waals surface area contributed by atoms with Crippen LogP contribution in [0.25, 0.3) is 0 Å². The molecular formula is C14H21ClN4O. The summed E-state index contributed by atoms with van der Waals surface area (Å²) in [6, 6.07) is 0. The fraction of sp³-hybridized carbons (Fsp3) is 0.571. The number of aromatic nitrogens is 2. The van der Waals surface area contributed by atoms with E-state index in [-0.39, 0.29) is 17.5 Å². The van der Waals surface area contributed by atoms with Gasteiger partial charge in [-0.25, -0.2) is 4.68 Å². The first-order chi connectivity index (χ1) is 9.26. The Kier molecular flexibility index (Phi) is 5.61. The van der Waals surface area contributed by atoms with Crippen molar-refractivity contribution in [2.75, 3.05) is 32.5 Å². The number of nitrogens with zero attached hydrogens (tertiary/aromatic N) is 3. The summed E-state index contributed by atoms with van der Waals surface area (Å²) in [6.45, 7) is 5.89. The highest BCUT2D eigenvalue weighted by Gasteiger charge is 2.20. The molecule has 0 saturated carbocycles. The summed E-state index contributed by atoms with van der Waals surface area (Å²) in [7, 11) is 4.03. The third-order valence-electron chi connectivity index (χ3n) is 2.73. The number of hydrogen-bond acceptors (Lipinski definition) is 4. The van der Waals surface area contributed by atoms with E-state index in [0.29, 0.717) is 17.3 Å². The van der Waals surface area contributed by atoms with E-state index in [1.807, 2.05) is 14.1 Å². The summed E-state index contributed by atoms with van der Waals surface area (Å²) in [6.07, 6.45) is 6.64. The van der Waals surface area contributed by atoms with Crippen LogP contribution in [-0.4, -0.2) is 41.9 Å². The van der Waals surface area contributed by atoms with Gasteiger partial charge in [-0.15, -0.1) is 6.42 Å². The summed E-state index contributed by atoms with van der Waals surface area (Å²) < 4.78 is 1.22. The maximum absolute atomic E-state index is 12.2. The second kappa shape index (κ2) is 6.78. The number of nitrogens with one attached hydrogen (secondary N) is 1. The smallest absolute Gasteiger partial charge is 0.292 e. The highest BCUT2D eigenvalue weighted by molar-refractivity contribution is 6.32. The lowest BCUT2D eigenvalue weighted by Gasteiger charge is -2.28. The molecule has 0 aliphatic heterocycles. The number of terminal acetylenes is 1. The molecule has 0 aromatic carbocycles. The van der Waals surface area contributed by atoms with Crippen LogP contribution in [0.1, 0.15) is 13.8 Å². The Bertz CT molecular complexity index is 557. The van der Waals surface area contributed by atoms with Gasteiger partial charge in [0.2, 0.25) is 0 Å². The Morgan fingerprint density at radius 3 is 2.75 bits per heavy atom. The fourth-order valence-electron chi connectivity index (χ4n) is 2.07. The Morgan fingerprint density at radius 2 is 2.20 bits per heavy atom. The fourth-order valence-corrected chi connectivity index (χ4v) is 2.26. The number of anilines is 1. The largest absolute Gasteiger partial charge is 0.379 e. The molecule has 1 aromatic heterocycles. The molecule has 0 spiro atoms. The standard InChI is InChI=1S/C14H21ClN4O/c1-6-7-19-13(20)12(11(15)8-17-19)16-9-14(2,3)10-18(4)5/h1,8,16H,7,9-10H2,2-5H3. The molecule has 0 aliphatic carbocycles. The van der Waals surface area contributed by atoms with Gasteiger partial charge in [-0.05, 0) is 19.5 Å². The quantitative estimate of drug-likeness (QED) is 0.809. The van der Waals surface area contributed by atoms with Gasteiger partial charge in [0.05, 0.1) is 11.2 Å². The first-order valence-electron chi connectivity index (χ1n) is 6.34. The zero-order chi connectivity index (χ0) is 15.3. The molecular weight excluding hydrogens is 276 g/mol. The topological polar surface area (TPSA) is 50.2 Å². The lowest BCUT2D eigenvalue weighted by molar-refractivity contribution is 0.254. The molecule has 0 bridgehead atoms. The van der Waals surface area contributed by atoms with Crippen LogP contribution < -0.4 is 10.9 Å². The van der Waals surface area contributed by atoms with Gasteiger partial charge in [0.15, 0.2) is 0 Å². The van der Waals surface area contributed by atoms with Crippen LogP contribution in [-0.2, 0) is 6.54 Å². The minimum Gasteiger partial charge on any atom is -0.379 e. The zero-order valence-corrected chi connectivity index (χ0v) is 13.2. The van der Waals surface area contributed by atoms with Crippen LogP contribution >= 0.6 is 11.6 Å². The molecule has 6 heteroatoms. The SMILES string of the molecule is C#CCn1ncc(Cl)c(NCC(C)(C)CN(C)C)c1=O. The van der Waals surface area contributed by atoms with Gasteiger partial charge in [-0.3, -0.25) is 4.79 Å². The Hall–Kier alpha value is -1.51. The van der Waals surface area contributed by atoms with Crippen LogP contribution in [0, 0.1) is 17.8 Å². The predicted octanol–water partition coefficient (Wildman–Crippen LogP) is 1.53. The third kappa shape index (κ3) is 4.55. The van der Waals surface area contributed by atoms with Crippen LogP contribution in [0.5, 0.6) is 0 Å². The van der Waals surface area contributed by atoms with E-state index >= 15 is 0 Å². The monoisotopic (exact) mass is 296 g/mol. The molecule has 20 heavy (non-hydrogen) atoms. The van der Waals surface area contributed by atoms with Gasteiger partial charge in [0, 0.05) is 13.1 Å². The van der Waals surface area contributed by atoms with Gasteiger partial charge < -0.3 is 10.2 Å². The molecule has 1 N–H and O–H groups in total. The molecule has 0 radical (unpaired) electrons. The third-order valence-corrected chi connectivity index (χ3v) is 3.01. The van der Waals surface area contributed by atoms with Crippen molar-refractivity contribution in [2.45, 2.75) is 20.4 Å². The van der Waals surface area contributed by atoms with Gasteiger partial charge in [-0.2, -0.15) is 5.10 Å². The van der Waals surface area contributed by atoms with Gasteiger partial charge in [0.1, 0.15) is 12.2 Å². The first-order valence-corrected chi connectivity index (χ1v) is 6.72. The van der Waals surface area contributed by atoms with E-state index in [4.69, 9.17) is 18.0 Å². The lowest BCUT2D eigenvalue weighted by atomic mass is 9.93. The Balaban J connectivity index is 2.91. The van der Waals surface area contributed by atoms with Gasteiger partial charge >= 0.3 is 0 Å². The molecule has 0 amide bonds. The van der Waals surface area contributed by atoms with Crippen molar-refractivity contribution in [3.8, 4) is 12.3 Å². The number of rotatable bonds is 6. The first kappa shape index (κ1) is 16.5. The second-order valence-electron chi connectivity index (χ2n) is 5.79. The Morgan fingerprint density at radius 1 is 1.55 bits per heavy atom. The average molecular weight is 297 g/mol. The predicted molar refractivity (Wildman–Crippen MR) is 83.2 cm³/mol. The van der Waals surface area contributed by atoms with Gasteiger partial charge in [-0.1, -0.05) is 31.4 Å². The minimum absolute atomic E-state index is 0.000510. The molecule has 5 nitrogen and oxygen atoms in total. The van der Waals surface area contributed by atoms with E-state index in [9.17, 15) is 4.79 Å². The van der Waals surface area contributed by atoms with Crippen LogP contribution in [0.3, 0.4) is 0 Å². The summed E-state index contributed by atoms with van der Waals surface area (Å²) in [5, 5.41) is 7.34. The van der Waals surface area contributed by atoms with E-state index < -0.39 is 0 Å². The minimum atomic E-state index is -0.295. The lowest BCUT2D eigenvalue weighted by Crippen LogP contribution is -2.36. The molecule has 0 atom stereocenters.